The van der Waals surface area contributed by atoms with Gasteiger partial charge in [0.2, 0.25) is 9.84 Å². The Labute approximate surface area is 112 Å². The fourth-order valence-corrected chi connectivity index (χ4v) is 2.31. The van der Waals surface area contributed by atoms with Crippen LogP contribution in [0.2, 0.25) is 0 Å². The summed E-state index contributed by atoms with van der Waals surface area (Å²) in [4.78, 5) is 31.9. The van der Waals surface area contributed by atoms with Gasteiger partial charge in [0.25, 0.3) is 5.12 Å². The summed E-state index contributed by atoms with van der Waals surface area (Å²) in [7, 11) is -3.40. The van der Waals surface area contributed by atoms with Gasteiger partial charge in [0.05, 0.1) is 12.0 Å². The molecule has 0 unspecified atom stereocenters. The lowest BCUT2D eigenvalue weighted by molar-refractivity contribution is -0.385. The molecule has 0 aliphatic carbocycles. The third-order valence-corrected chi connectivity index (χ3v) is 3.63. The van der Waals surface area contributed by atoms with Crippen molar-refractivity contribution in [3.05, 3.63) is 33.9 Å². The average molecular weight is 303 g/mol. The number of methoxy groups -OCH3 is 1. The third-order valence-electron chi connectivity index (χ3n) is 2.21. The van der Waals surface area contributed by atoms with Crippen LogP contribution in [0.15, 0.2) is 18.2 Å². The highest BCUT2D eigenvalue weighted by molar-refractivity contribution is 8.07. The lowest BCUT2D eigenvalue weighted by atomic mass is 10.2. The molecule has 20 heavy (non-hydrogen) atoms. The second-order valence-electron chi connectivity index (χ2n) is 3.58. The minimum absolute atomic E-state index is 0.151. The van der Waals surface area contributed by atoms with Crippen molar-refractivity contribution < 1.29 is 32.8 Å². The number of aliphatic carboxylic acids is 1. The smallest absolute Gasteiger partial charge is 0.319 e. The third kappa shape index (κ3) is 3.29. The average Bonchev–Trinajstić information content (AvgIpc) is 2.35. The summed E-state index contributed by atoms with van der Waals surface area (Å²) in [6.07, 6.45) is 0. The summed E-state index contributed by atoms with van der Waals surface area (Å²) in [5.74, 6) is -3.23. The van der Waals surface area contributed by atoms with E-state index in [1.54, 1.807) is 0 Å². The van der Waals surface area contributed by atoms with E-state index < -0.39 is 42.8 Å². The van der Waals surface area contributed by atoms with Crippen molar-refractivity contribution in [2.75, 3.05) is 12.9 Å². The van der Waals surface area contributed by atoms with E-state index in [4.69, 9.17) is 9.84 Å². The molecule has 0 radical (unpaired) electrons. The number of carboxylic acids is 1. The molecule has 0 fully saturated rings. The van der Waals surface area contributed by atoms with Gasteiger partial charge in [0.15, 0.2) is 11.5 Å². The van der Waals surface area contributed by atoms with Crippen LogP contribution in [0.4, 0.5) is 5.69 Å². The maximum Gasteiger partial charge on any atom is 0.319 e. The summed E-state index contributed by atoms with van der Waals surface area (Å²) in [5.41, 5.74) is -1.09. The van der Waals surface area contributed by atoms with Gasteiger partial charge >= 0.3 is 11.7 Å². The number of carbonyl (C=O) groups is 2. The van der Waals surface area contributed by atoms with Crippen LogP contribution < -0.4 is 4.74 Å². The molecule has 0 saturated carbocycles. The Morgan fingerprint density at radius 2 is 2.00 bits per heavy atom. The fourth-order valence-electron chi connectivity index (χ4n) is 1.37. The first-order valence-corrected chi connectivity index (χ1v) is 6.65. The van der Waals surface area contributed by atoms with Gasteiger partial charge in [-0.25, -0.2) is 8.42 Å². The summed E-state index contributed by atoms with van der Waals surface area (Å²) in [5, 5.41) is 17.7. The first kappa shape index (κ1) is 15.6. The topological polar surface area (TPSA) is 141 Å². The van der Waals surface area contributed by atoms with Crippen LogP contribution in [-0.2, 0) is 14.6 Å². The van der Waals surface area contributed by atoms with Crippen LogP contribution in [-0.4, -0.2) is 42.4 Å². The molecule has 0 spiro atoms. The minimum atomic E-state index is -4.58. The highest BCUT2D eigenvalue weighted by atomic mass is 32.2. The molecule has 0 aliphatic heterocycles. The molecule has 0 aliphatic rings. The van der Waals surface area contributed by atoms with E-state index in [0.29, 0.717) is 0 Å². The van der Waals surface area contributed by atoms with Crippen LogP contribution in [0.1, 0.15) is 10.4 Å². The molecule has 1 rings (SSSR count). The van der Waals surface area contributed by atoms with E-state index in [-0.39, 0.29) is 5.75 Å². The highest BCUT2D eigenvalue weighted by Crippen LogP contribution is 2.28. The molecule has 0 amide bonds. The van der Waals surface area contributed by atoms with Crippen LogP contribution in [0, 0.1) is 10.1 Å². The van der Waals surface area contributed by atoms with Crippen molar-refractivity contribution in [2.24, 2.45) is 0 Å². The molecular weight excluding hydrogens is 294 g/mol. The summed E-state index contributed by atoms with van der Waals surface area (Å²) in [6.45, 7) is 0. The molecular formula is C10H9NO8S. The number of nitrogens with zero attached hydrogens (tertiary/aromatic N) is 1. The Bertz CT molecular complexity index is 678. The lowest BCUT2D eigenvalue weighted by Gasteiger charge is -2.04. The van der Waals surface area contributed by atoms with Crippen LogP contribution >= 0.6 is 0 Å². The number of carbonyl (C=O) groups excluding carboxylic acids is 1. The molecule has 9 nitrogen and oxygen atoms in total. The van der Waals surface area contributed by atoms with Crippen molar-refractivity contribution in [1.29, 1.82) is 0 Å². The van der Waals surface area contributed by atoms with E-state index >= 15 is 0 Å². The first-order valence-electron chi connectivity index (χ1n) is 5.00. The number of rotatable bonds is 5. The maximum atomic E-state index is 11.7. The predicted octanol–water partition coefficient (Wildman–Crippen LogP) is 0.243. The molecule has 10 heteroatoms. The van der Waals surface area contributed by atoms with E-state index in [0.717, 1.165) is 18.2 Å². The Balaban J connectivity index is 3.28. The largest absolute Gasteiger partial charge is 0.490 e. The van der Waals surface area contributed by atoms with Gasteiger partial charge in [-0.2, -0.15) is 0 Å². The summed E-state index contributed by atoms with van der Waals surface area (Å²) >= 11 is 0. The molecule has 0 saturated heterocycles. The number of carboxylic acid groups (broad SMARTS) is 1. The molecule has 0 aromatic heterocycles. The van der Waals surface area contributed by atoms with Crippen molar-refractivity contribution in [2.45, 2.75) is 0 Å². The van der Waals surface area contributed by atoms with Gasteiger partial charge in [-0.05, 0) is 12.1 Å². The summed E-state index contributed by atoms with van der Waals surface area (Å²) in [6, 6.07) is 2.79. The molecule has 1 aromatic carbocycles. The van der Waals surface area contributed by atoms with E-state index in [9.17, 15) is 28.1 Å². The van der Waals surface area contributed by atoms with Gasteiger partial charge in [-0.15, -0.1) is 0 Å². The molecule has 0 atom stereocenters. The number of hydrogen-bond donors (Lipinski definition) is 1. The Kier molecular flexibility index (Phi) is 4.40. The van der Waals surface area contributed by atoms with Crippen molar-refractivity contribution >= 4 is 26.6 Å². The van der Waals surface area contributed by atoms with Gasteiger partial charge in [-0.3, -0.25) is 19.7 Å². The standard InChI is InChI=1S/C10H9NO8S/c1-19-8-3-2-6(4-7(8)11(15)16)10(14)20(17,18)5-9(12)13/h2-4H,5H2,1H3,(H,12,13). The molecule has 0 bridgehead atoms. The van der Waals surface area contributed by atoms with Gasteiger partial charge in [0.1, 0.15) is 0 Å². The summed E-state index contributed by atoms with van der Waals surface area (Å²) < 4.78 is 27.6. The van der Waals surface area contributed by atoms with Crippen LogP contribution in [0.5, 0.6) is 5.75 Å². The van der Waals surface area contributed by atoms with Gasteiger partial charge < -0.3 is 9.84 Å². The number of nitro benzene ring substituents is 1. The molecule has 1 N–H and O–H groups in total. The highest BCUT2D eigenvalue weighted by Gasteiger charge is 2.29. The van der Waals surface area contributed by atoms with Crippen molar-refractivity contribution in [1.82, 2.24) is 0 Å². The zero-order valence-corrected chi connectivity index (χ0v) is 10.9. The monoisotopic (exact) mass is 303 g/mol. The Morgan fingerprint density at radius 1 is 1.40 bits per heavy atom. The molecule has 1 aromatic rings. The van der Waals surface area contributed by atoms with Crippen molar-refractivity contribution in [3.63, 3.8) is 0 Å². The lowest BCUT2D eigenvalue weighted by Crippen LogP contribution is -2.23. The quantitative estimate of drug-likeness (QED) is 0.602. The number of benzene rings is 1. The second kappa shape index (κ2) is 5.65. The number of sulfone groups is 1. The van der Waals surface area contributed by atoms with Gasteiger partial charge in [-0.1, -0.05) is 0 Å². The maximum absolute atomic E-state index is 11.7. The fraction of sp³-hybridized carbons (Fsp3) is 0.200. The van der Waals surface area contributed by atoms with E-state index in [1.807, 2.05) is 0 Å². The van der Waals surface area contributed by atoms with Crippen molar-refractivity contribution in [3.8, 4) is 5.75 Å². The van der Waals surface area contributed by atoms with E-state index in [2.05, 4.69) is 0 Å². The SMILES string of the molecule is COc1ccc(C(=O)S(=O)(=O)CC(=O)O)cc1[N+](=O)[O-]. The number of ether oxygens (including phenoxy) is 1. The van der Waals surface area contributed by atoms with Crippen LogP contribution in [0.25, 0.3) is 0 Å². The zero-order valence-electron chi connectivity index (χ0n) is 10.1. The molecule has 108 valence electrons. The predicted molar refractivity (Wildman–Crippen MR) is 65.4 cm³/mol. The number of hydrogen-bond acceptors (Lipinski definition) is 7. The normalized spacial score (nSPS) is 10.8. The Morgan fingerprint density at radius 3 is 2.45 bits per heavy atom. The van der Waals surface area contributed by atoms with E-state index in [1.165, 1.54) is 7.11 Å². The zero-order chi connectivity index (χ0) is 15.5. The van der Waals surface area contributed by atoms with Gasteiger partial charge in [0, 0.05) is 11.6 Å². The number of nitro groups is 1. The minimum Gasteiger partial charge on any atom is -0.490 e. The van der Waals surface area contributed by atoms with Crippen LogP contribution in [0.3, 0.4) is 0 Å². The second-order valence-corrected chi connectivity index (χ2v) is 5.47. The first-order chi connectivity index (χ1) is 9.19. The molecule has 0 heterocycles. The Hall–Kier alpha value is -2.49.